The number of hydrogen-bond acceptors (Lipinski definition) is 8. The first-order valence-electron chi connectivity index (χ1n) is 10.6. The van der Waals surface area contributed by atoms with Crippen LogP contribution in [-0.4, -0.2) is 69.9 Å². The first-order valence-corrected chi connectivity index (χ1v) is 10.6. The minimum Gasteiger partial charge on any atom is -0.507 e. The minimum atomic E-state index is -2.69. The molecule has 0 saturated heterocycles. The molecule has 170 valence electrons. The number of nitrogens with zero attached hydrogens (tertiary/aromatic N) is 1. The third-order valence-electron chi connectivity index (χ3n) is 7.42. The molecule has 2 saturated carbocycles. The van der Waals surface area contributed by atoms with Gasteiger partial charge in [-0.2, -0.15) is 0 Å². The lowest BCUT2D eigenvalue weighted by atomic mass is 9.52. The number of primary amides is 1. The molecule has 0 heterocycles. The number of benzene rings is 1. The van der Waals surface area contributed by atoms with Crippen LogP contribution in [0.5, 0.6) is 5.75 Å². The van der Waals surface area contributed by atoms with Crippen LogP contribution < -0.4 is 5.73 Å². The van der Waals surface area contributed by atoms with Crippen LogP contribution in [0.1, 0.15) is 34.8 Å². The maximum absolute atomic E-state index is 13.6. The Morgan fingerprint density at radius 1 is 1.19 bits per heavy atom. The van der Waals surface area contributed by atoms with Crippen molar-refractivity contribution in [3.05, 3.63) is 28.8 Å². The Morgan fingerprint density at radius 3 is 2.41 bits per heavy atom. The van der Waals surface area contributed by atoms with E-state index in [0.29, 0.717) is 18.4 Å². The number of ketones is 4. The molecule has 3 aliphatic carbocycles. The zero-order valence-corrected chi connectivity index (χ0v) is 18.1. The molecule has 3 aliphatic rings. The molecule has 32 heavy (non-hydrogen) atoms. The first kappa shape index (κ1) is 22.3. The van der Waals surface area contributed by atoms with Gasteiger partial charge in [-0.3, -0.25) is 28.9 Å². The van der Waals surface area contributed by atoms with Gasteiger partial charge in [0.1, 0.15) is 5.75 Å². The van der Waals surface area contributed by atoms with E-state index >= 15 is 0 Å². The number of amides is 1. The third kappa shape index (κ3) is 2.74. The molecule has 4 rings (SSSR count). The number of carbonyl (C=O) groups excluding carboxylic acids is 5. The van der Waals surface area contributed by atoms with Crippen molar-refractivity contribution in [1.82, 2.24) is 4.90 Å². The Bertz CT molecular complexity index is 1080. The molecule has 0 aromatic heterocycles. The molecule has 0 bridgehead atoms. The fraction of sp³-hybridized carbons (Fsp3) is 0.522. The molecule has 2 fully saturated rings. The summed E-state index contributed by atoms with van der Waals surface area (Å²) in [7, 11) is 3.11. The number of aromatic hydroxyl groups is 1. The maximum atomic E-state index is 13.6. The van der Waals surface area contributed by atoms with Crippen LogP contribution in [0.4, 0.5) is 0 Å². The standard InChI is InChI=1S/C23H26N2O7/c1-4-9-5-6-13(26)15-11(9)7-10-8-12-17(25(2)3)19(28)16(22(24)31)21(30)23(12,32)20(29)14(10)18(15)27/h5-6,10,12,14,16-17,26,32H,4,7-8H2,1-3H3,(H2,24,31)/t10-,12-,14?,16?,17-,23-/m0/s1. The van der Waals surface area contributed by atoms with Gasteiger partial charge >= 0.3 is 0 Å². The van der Waals surface area contributed by atoms with Gasteiger partial charge in [0.15, 0.2) is 34.7 Å². The molecule has 9 nitrogen and oxygen atoms in total. The number of fused-ring (bicyclic) bond motifs is 3. The normalized spacial score (nSPS) is 34.2. The smallest absolute Gasteiger partial charge is 0.235 e. The molecular formula is C23H26N2O7. The summed E-state index contributed by atoms with van der Waals surface area (Å²) >= 11 is 0. The average molecular weight is 442 g/mol. The molecule has 1 amide bonds. The van der Waals surface area contributed by atoms with Gasteiger partial charge in [-0.05, 0) is 56.5 Å². The zero-order valence-electron chi connectivity index (χ0n) is 18.1. The number of rotatable bonds is 3. The Hall–Kier alpha value is -2.91. The molecule has 2 unspecified atom stereocenters. The predicted molar refractivity (Wildman–Crippen MR) is 111 cm³/mol. The second-order valence-electron chi connectivity index (χ2n) is 9.24. The lowest BCUT2D eigenvalue weighted by Crippen LogP contribution is -2.74. The van der Waals surface area contributed by atoms with Crippen LogP contribution in [0.3, 0.4) is 0 Å². The van der Waals surface area contributed by atoms with Crippen LogP contribution in [-0.2, 0) is 32.0 Å². The fourth-order valence-electron chi connectivity index (χ4n) is 6.00. The van der Waals surface area contributed by atoms with Crippen molar-refractivity contribution in [1.29, 1.82) is 0 Å². The lowest BCUT2D eigenvalue weighted by Gasteiger charge is -2.52. The zero-order chi connectivity index (χ0) is 23.7. The largest absolute Gasteiger partial charge is 0.507 e. The Labute approximate surface area is 184 Å². The molecule has 0 aliphatic heterocycles. The maximum Gasteiger partial charge on any atom is 0.235 e. The van der Waals surface area contributed by atoms with Crippen molar-refractivity contribution in [3.63, 3.8) is 0 Å². The van der Waals surface area contributed by atoms with Gasteiger partial charge in [-0.1, -0.05) is 13.0 Å². The predicted octanol–water partition coefficient (Wildman–Crippen LogP) is -0.571. The third-order valence-corrected chi connectivity index (χ3v) is 7.42. The van der Waals surface area contributed by atoms with E-state index < -0.39 is 64.4 Å². The number of aliphatic hydroxyl groups is 1. The van der Waals surface area contributed by atoms with E-state index in [-0.39, 0.29) is 17.7 Å². The number of hydrogen-bond donors (Lipinski definition) is 3. The molecule has 4 N–H and O–H groups in total. The number of Topliss-reactive ketones (excluding diaryl/α,β-unsaturated/α-hetero) is 4. The Morgan fingerprint density at radius 2 is 1.84 bits per heavy atom. The van der Waals surface area contributed by atoms with Gasteiger partial charge in [-0.25, -0.2) is 0 Å². The highest BCUT2D eigenvalue weighted by atomic mass is 16.3. The summed E-state index contributed by atoms with van der Waals surface area (Å²) in [6.07, 6.45) is 0.971. The number of phenolic OH excluding ortho intramolecular Hbond substituents is 1. The van der Waals surface area contributed by atoms with Crippen molar-refractivity contribution >= 4 is 29.0 Å². The van der Waals surface area contributed by atoms with Gasteiger partial charge in [0.25, 0.3) is 0 Å². The van der Waals surface area contributed by atoms with Crippen molar-refractivity contribution in [2.75, 3.05) is 14.1 Å². The monoisotopic (exact) mass is 442 g/mol. The quantitative estimate of drug-likeness (QED) is 0.526. The van der Waals surface area contributed by atoms with Crippen LogP contribution in [0.15, 0.2) is 12.1 Å². The van der Waals surface area contributed by atoms with Crippen molar-refractivity contribution in [2.45, 2.75) is 37.8 Å². The second-order valence-corrected chi connectivity index (χ2v) is 9.24. The fourth-order valence-corrected chi connectivity index (χ4v) is 6.00. The van der Waals surface area contributed by atoms with E-state index in [0.717, 1.165) is 5.56 Å². The lowest BCUT2D eigenvalue weighted by molar-refractivity contribution is -0.181. The van der Waals surface area contributed by atoms with Gasteiger partial charge in [0.2, 0.25) is 5.91 Å². The van der Waals surface area contributed by atoms with Crippen LogP contribution in [0.2, 0.25) is 0 Å². The van der Waals surface area contributed by atoms with Gasteiger partial charge < -0.3 is 15.9 Å². The van der Waals surface area contributed by atoms with E-state index in [1.807, 2.05) is 6.92 Å². The van der Waals surface area contributed by atoms with Crippen molar-refractivity contribution < 1.29 is 34.2 Å². The number of nitrogens with two attached hydrogens (primary N) is 1. The van der Waals surface area contributed by atoms with E-state index in [1.165, 1.54) is 11.0 Å². The van der Waals surface area contributed by atoms with Crippen molar-refractivity contribution in [2.24, 2.45) is 29.4 Å². The number of aryl methyl sites for hydroxylation is 1. The molecule has 1 aromatic rings. The van der Waals surface area contributed by atoms with Crippen LogP contribution in [0, 0.1) is 23.7 Å². The average Bonchev–Trinajstić information content (AvgIpc) is 2.70. The summed E-state index contributed by atoms with van der Waals surface area (Å²) in [6, 6.07) is 2.04. The molecule has 9 heteroatoms. The molecular weight excluding hydrogens is 416 g/mol. The van der Waals surface area contributed by atoms with E-state index in [2.05, 4.69) is 0 Å². The molecule has 0 radical (unpaired) electrons. The summed E-state index contributed by atoms with van der Waals surface area (Å²) in [5, 5.41) is 21.8. The Kier molecular flexibility index (Phi) is 5.09. The Balaban J connectivity index is 1.88. The van der Waals surface area contributed by atoms with E-state index in [1.54, 1.807) is 20.2 Å². The highest BCUT2D eigenvalue weighted by Crippen LogP contribution is 2.50. The van der Waals surface area contributed by atoms with E-state index in [4.69, 9.17) is 5.73 Å². The van der Waals surface area contributed by atoms with E-state index in [9.17, 15) is 34.2 Å². The van der Waals surface area contributed by atoms with Gasteiger partial charge in [0.05, 0.1) is 17.5 Å². The molecule has 6 atom stereocenters. The van der Waals surface area contributed by atoms with Gasteiger partial charge in [-0.15, -0.1) is 0 Å². The number of carbonyl (C=O) groups is 5. The van der Waals surface area contributed by atoms with Crippen LogP contribution >= 0.6 is 0 Å². The molecule has 1 aromatic carbocycles. The summed E-state index contributed by atoms with van der Waals surface area (Å²) < 4.78 is 0. The summed E-state index contributed by atoms with van der Waals surface area (Å²) in [6.45, 7) is 1.92. The summed E-state index contributed by atoms with van der Waals surface area (Å²) in [5.74, 6) is -10.1. The minimum absolute atomic E-state index is 0.0379. The second kappa shape index (κ2) is 7.31. The first-order chi connectivity index (χ1) is 15.0. The van der Waals surface area contributed by atoms with Crippen LogP contribution in [0.25, 0.3) is 0 Å². The highest BCUT2D eigenvalue weighted by Gasteiger charge is 2.69. The topological polar surface area (TPSA) is 155 Å². The summed E-state index contributed by atoms with van der Waals surface area (Å²) in [4.78, 5) is 66.5. The van der Waals surface area contributed by atoms with Crippen molar-refractivity contribution in [3.8, 4) is 5.75 Å². The molecule has 0 spiro atoms. The summed E-state index contributed by atoms with van der Waals surface area (Å²) in [5.41, 5.74) is 4.16. The van der Waals surface area contributed by atoms with Gasteiger partial charge in [0, 0.05) is 5.92 Å². The number of phenols is 1. The SMILES string of the molecule is CCc1ccc(O)c2c1C[C@H]1C[C@H]3[C@H](N(C)C)C(=O)C(C(N)=O)C(=O)[C@@]3(O)C(=O)C1C2=O. The number of likely N-dealkylation sites (N-methyl/N-ethyl adjacent to an activating group) is 1. The highest BCUT2D eigenvalue weighted by molar-refractivity contribution is 6.32.